The summed E-state index contributed by atoms with van der Waals surface area (Å²) in [6.45, 7) is 5.21. The molecule has 1 unspecified atom stereocenters. The lowest BCUT2D eigenvalue weighted by molar-refractivity contribution is -0.118. The van der Waals surface area contributed by atoms with Crippen LogP contribution in [-0.4, -0.2) is 23.2 Å². The van der Waals surface area contributed by atoms with Gasteiger partial charge < -0.3 is 5.11 Å². The van der Waals surface area contributed by atoms with Gasteiger partial charge >= 0.3 is 0 Å². The van der Waals surface area contributed by atoms with Crippen molar-refractivity contribution in [1.29, 1.82) is 0 Å². The van der Waals surface area contributed by atoms with Gasteiger partial charge in [-0.1, -0.05) is 44.2 Å². The van der Waals surface area contributed by atoms with E-state index in [1.54, 1.807) is 6.92 Å². The monoisotopic (exact) mass is 256 g/mol. The average molecular weight is 256 g/mol. The van der Waals surface area contributed by atoms with Gasteiger partial charge in [0.15, 0.2) is 5.79 Å². The first-order chi connectivity index (χ1) is 7.91. The molecule has 0 aliphatic rings. The molecule has 0 amide bonds. The minimum atomic E-state index is -2.69. The van der Waals surface area contributed by atoms with Crippen molar-refractivity contribution in [2.75, 3.05) is 12.3 Å². The van der Waals surface area contributed by atoms with Gasteiger partial charge in [0.25, 0.3) is 0 Å². The summed E-state index contributed by atoms with van der Waals surface area (Å²) in [7, 11) is -2.69. The second kappa shape index (κ2) is 5.81. The van der Waals surface area contributed by atoms with Gasteiger partial charge in [-0.05, 0) is 12.5 Å². The first-order valence-corrected chi connectivity index (χ1v) is 7.95. The van der Waals surface area contributed by atoms with E-state index in [9.17, 15) is 9.67 Å². The third-order valence-electron chi connectivity index (χ3n) is 2.70. The zero-order valence-electron chi connectivity index (χ0n) is 10.7. The summed E-state index contributed by atoms with van der Waals surface area (Å²) in [6, 6.07) is 9.57. The Morgan fingerprint density at radius 1 is 1.24 bits per heavy atom. The van der Waals surface area contributed by atoms with Crippen LogP contribution in [0.3, 0.4) is 0 Å². The van der Waals surface area contributed by atoms with Crippen molar-refractivity contribution < 1.29 is 14.2 Å². The summed E-state index contributed by atoms with van der Waals surface area (Å²) >= 11 is 0. The third-order valence-corrected chi connectivity index (χ3v) is 5.35. The zero-order valence-corrected chi connectivity index (χ0v) is 11.6. The predicted octanol–water partition coefficient (Wildman–Crippen LogP) is 3.27. The SMILES string of the molecule is CCP(=O)(CC)OC(C)(O)Cc1ccccc1. The van der Waals surface area contributed by atoms with E-state index >= 15 is 0 Å². The van der Waals surface area contributed by atoms with E-state index in [1.165, 1.54) is 0 Å². The third kappa shape index (κ3) is 4.63. The Bertz CT molecular complexity index is 379. The van der Waals surface area contributed by atoms with Crippen molar-refractivity contribution in [3.63, 3.8) is 0 Å². The molecule has 0 aliphatic heterocycles. The maximum atomic E-state index is 12.2. The van der Waals surface area contributed by atoms with Crippen LogP contribution < -0.4 is 0 Å². The average Bonchev–Trinajstić information content (AvgIpc) is 2.29. The minimum Gasteiger partial charge on any atom is -0.365 e. The molecule has 17 heavy (non-hydrogen) atoms. The first-order valence-electron chi connectivity index (χ1n) is 5.96. The molecule has 0 bridgehead atoms. The highest BCUT2D eigenvalue weighted by Gasteiger charge is 2.31. The highest BCUT2D eigenvalue weighted by molar-refractivity contribution is 7.58. The van der Waals surface area contributed by atoms with Gasteiger partial charge in [-0.3, -0.25) is 9.09 Å². The lowest BCUT2D eigenvalue weighted by atomic mass is 10.1. The maximum absolute atomic E-state index is 12.2. The van der Waals surface area contributed by atoms with Gasteiger partial charge in [-0.25, -0.2) is 0 Å². The fourth-order valence-corrected chi connectivity index (χ4v) is 3.20. The Kier molecular flexibility index (Phi) is 4.93. The maximum Gasteiger partial charge on any atom is 0.205 e. The van der Waals surface area contributed by atoms with Gasteiger partial charge in [-0.15, -0.1) is 0 Å². The normalized spacial score (nSPS) is 15.5. The van der Waals surface area contributed by atoms with E-state index in [0.717, 1.165) is 5.56 Å². The Labute approximate surface area is 103 Å². The summed E-state index contributed by atoms with van der Waals surface area (Å²) in [4.78, 5) is 0. The van der Waals surface area contributed by atoms with Crippen LogP contribution in [-0.2, 0) is 15.5 Å². The Morgan fingerprint density at radius 3 is 2.24 bits per heavy atom. The molecule has 0 saturated heterocycles. The Balaban J connectivity index is 2.72. The molecule has 0 radical (unpaired) electrons. The lowest BCUT2D eigenvalue weighted by Crippen LogP contribution is -2.30. The number of aliphatic hydroxyl groups is 1. The van der Waals surface area contributed by atoms with Crippen LogP contribution in [0.5, 0.6) is 0 Å². The molecular weight excluding hydrogens is 235 g/mol. The van der Waals surface area contributed by atoms with Crippen molar-refractivity contribution in [3.8, 4) is 0 Å². The first kappa shape index (κ1) is 14.4. The van der Waals surface area contributed by atoms with Crippen LogP contribution in [0.4, 0.5) is 0 Å². The van der Waals surface area contributed by atoms with Crippen LogP contribution in [0.1, 0.15) is 26.3 Å². The van der Waals surface area contributed by atoms with Crippen molar-refractivity contribution in [2.24, 2.45) is 0 Å². The molecule has 1 rings (SSSR count). The quantitative estimate of drug-likeness (QED) is 0.627. The molecule has 0 aromatic heterocycles. The standard InChI is InChI=1S/C13H21O3P/c1-4-17(15,5-2)16-13(3,14)11-12-9-7-6-8-10-12/h6-10,14H,4-5,11H2,1-3H3. The number of benzene rings is 1. The molecule has 1 aromatic carbocycles. The number of rotatable bonds is 6. The van der Waals surface area contributed by atoms with Crippen LogP contribution in [0.15, 0.2) is 30.3 Å². The van der Waals surface area contributed by atoms with Gasteiger partial charge in [0.1, 0.15) is 0 Å². The van der Waals surface area contributed by atoms with E-state index in [2.05, 4.69) is 0 Å². The fourth-order valence-electron chi connectivity index (χ4n) is 1.72. The van der Waals surface area contributed by atoms with Gasteiger partial charge in [0.2, 0.25) is 7.37 Å². The molecule has 0 fully saturated rings. The van der Waals surface area contributed by atoms with E-state index in [-0.39, 0.29) is 0 Å². The van der Waals surface area contributed by atoms with E-state index in [0.29, 0.717) is 18.7 Å². The second-order valence-electron chi connectivity index (χ2n) is 4.38. The van der Waals surface area contributed by atoms with Crippen molar-refractivity contribution >= 4 is 7.37 Å². The van der Waals surface area contributed by atoms with Gasteiger partial charge in [-0.2, -0.15) is 0 Å². The molecule has 96 valence electrons. The summed E-state index contributed by atoms with van der Waals surface area (Å²) < 4.78 is 17.6. The van der Waals surface area contributed by atoms with E-state index < -0.39 is 13.2 Å². The van der Waals surface area contributed by atoms with Gasteiger partial charge in [0.05, 0.1) is 0 Å². The molecule has 0 aliphatic carbocycles. The molecule has 1 atom stereocenters. The fraction of sp³-hybridized carbons (Fsp3) is 0.538. The van der Waals surface area contributed by atoms with Crippen LogP contribution in [0.2, 0.25) is 0 Å². The molecule has 4 heteroatoms. The van der Waals surface area contributed by atoms with Crippen LogP contribution >= 0.6 is 7.37 Å². The second-order valence-corrected chi connectivity index (χ2v) is 7.45. The largest absolute Gasteiger partial charge is 0.365 e. The van der Waals surface area contributed by atoms with Crippen molar-refractivity contribution in [1.82, 2.24) is 0 Å². The lowest BCUT2D eigenvalue weighted by Gasteiger charge is -2.28. The smallest absolute Gasteiger partial charge is 0.205 e. The molecule has 1 aromatic rings. The summed E-state index contributed by atoms with van der Waals surface area (Å²) in [6.07, 6.45) is 1.25. The molecule has 1 N–H and O–H groups in total. The molecule has 0 spiro atoms. The molecular formula is C13H21O3P. The number of hydrogen-bond acceptors (Lipinski definition) is 3. The van der Waals surface area contributed by atoms with Gasteiger partial charge in [0, 0.05) is 18.7 Å². The van der Waals surface area contributed by atoms with Crippen LogP contribution in [0, 0.1) is 0 Å². The predicted molar refractivity (Wildman–Crippen MR) is 70.5 cm³/mol. The highest BCUT2D eigenvalue weighted by atomic mass is 31.2. The molecule has 0 heterocycles. The summed E-state index contributed by atoms with van der Waals surface area (Å²) in [5.74, 6) is -1.37. The number of hydrogen-bond donors (Lipinski definition) is 1. The molecule has 0 saturated carbocycles. The van der Waals surface area contributed by atoms with Crippen molar-refractivity contribution in [3.05, 3.63) is 35.9 Å². The topological polar surface area (TPSA) is 46.5 Å². The minimum absolute atomic E-state index is 0.345. The van der Waals surface area contributed by atoms with E-state index in [4.69, 9.17) is 4.52 Å². The Hall–Kier alpha value is -0.630. The summed E-state index contributed by atoms with van der Waals surface area (Å²) in [5.41, 5.74) is 0.969. The van der Waals surface area contributed by atoms with Crippen molar-refractivity contribution in [2.45, 2.75) is 33.0 Å². The molecule has 3 nitrogen and oxygen atoms in total. The summed E-state index contributed by atoms with van der Waals surface area (Å²) in [5, 5.41) is 10.2. The van der Waals surface area contributed by atoms with Crippen LogP contribution in [0.25, 0.3) is 0 Å². The van der Waals surface area contributed by atoms with E-state index in [1.807, 2.05) is 44.2 Å². The zero-order chi connectivity index (χ0) is 12.9. The highest BCUT2D eigenvalue weighted by Crippen LogP contribution is 2.49. The Morgan fingerprint density at radius 2 is 1.76 bits per heavy atom.